The van der Waals surface area contributed by atoms with E-state index in [1.54, 1.807) is 12.3 Å². The van der Waals surface area contributed by atoms with Crippen LogP contribution in [-0.2, 0) is 5.54 Å². The highest BCUT2D eigenvalue weighted by molar-refractivity contribution is 5.39. The Balaban J connectivity index is 2.36. The van der Waals surface area contributed by atoms with Crippen LogP contribution in [0.2, 0.25) is 0 Å². The quantitative estimate of drug-likeness (QED) is 0.589. The van der Waals surface area contributed by atoms with Crippen molar-refractivity contribution in [3.8, 4) is 0 Å². The molecule has 1 aromatic heterocycles. The maximum absolute atomic E-state index is 11.0. The van der Waals surface area contributed by atoms with Gasteiger partial charge < -0.3 is 11.5 Å². The first kappa shape index (κ1) is 11.9. The van der Waals surface area contributed by atoms with Gasteiger partial charge in [0.25, 0.3) is 5.69 Å². The Labute approximate surface area is 99.2 Å². The molecule has 0 spiro atoms. The summed E-state index contributed by atoms with van der Waals surface area (Å²) in [5, 5.41) is 11.0. The van der Waals surface area contributed by atoms with E-state index in [1.807, 2.05) is 0 Å². The Hall–Kier alpha value is -1.53. The van der Waals surface area contributed by atoms with Crippen molar-refractivity contribution in [3.63, 3.8) is 0 Å². The lowest BCUT2D eigenvalue weighted by molar-refractivity contribution is -0.386. The molecule has 0 unspecified atom stereocenters. The molecule has 0 amide bonds. The van der Waals surface area contributed by atoms with E-state index in [1.165, 1.54) is 6.07 Å². The third-order valence-electron chi connectivity index (χ3n) is 3.38. The largest absolute Gasteiger partial charge is 0.328 e. The average Bonchev–Trinajstić information content (AvgIpc) is 2.33. The normalized spacial score (nSPS) is 28.9. The van der Waals surface area contributed by atoms with Gasteiger partial charge in [-0.2, -0.15) is 0 Å². The summed E-state index contributed by atoms with van der Waals surface area (Å²) in [6.07, 6.45) is 4.40. The highest BCUT2D eigenvalue weighted by atomic mass is 16.6. The number of nitrogens with two attached hydrogens (primary N) is 2. The fraction of sp³-hybridized carbons (Fsp3) is 0.545. The lowest BCUT2D eigenvalue weighted by Gasteiger charge is -2.34. The minimum atomic E-state index is -0.709. The fourth-order valence-corrected chi connectivity index (χ4v) is 2.32. The molecule has 1 saturated carbocycles. The molecule has 17 heavy (non-hydrogen) atoms. The number of hydrogen-bond donors (Lipinski definition) is 2. The minimum absolute atomic E-state index is 0.00507. The zero-order valence-corrected chi connectivity index (χ0v) is 9.50. The molecule has 1 aliphatic rings. The molecule has 1 heterocycles. The summed E-state index contributed by atoms with van der Waals surface area (Å²) in [5.74, 6) is 0. The van der Waals surface area contributed by atoms with Crippen LogP contribution in [0.15, 0.2) is 18.3 Å². The van der Waals surface area contributed by atoms with Crippen LogP contribution in [0.3, 0.4) is 0 Å². The van der Waals surface area contributed by atoms with Crippen LogP contribution in [-0.4, -0.2) is 15.9 Å². The van der Waals surface area contributed by atoms with Gasteiger partial charge in [-0.05, 0) is 31.7 Å². The summed E-state index contributed by atoms with van der Waals surface area (Å²) < 4.78 is 0. The summed E-state index contributed by atoms with van der Waals surface area (Å²) in [5.41, 5.74) is 11.8. The van der Waals surface area contributed by atoms with Gasteiger partial charge in [0, 0.05) is 18.3 Å². The lowest BCUT2D eigenvalue weighted by atomic mass is 9.77. The van der Waals surface area contributed by atoms with E-state index < -0.39 is 10.5 Å². The van der Waals surface area contributed by atoms with Crippen molar-refractivity contribution >= 4 is 5.69 Å². The van der Waals surface area contributed by atoms with E-state index in [2.05, 4.69) is 4.98 Å². The van der Waals surface area contributed by atoms with Gasteiger partial charge in [0.1, 0.15) is 5.69 Å². The predicted octanol–water partition coefficient (Wildman–Crippen LogP) is 1.05. The molecule has 0 bridgehead atoms. The fourth-order valence-electron chi connectivity index (χ4n) is 2.32. The Morgan fingerprint density at radius 2 is 2.12 bits per heavy atom. The van der Waals surface area contributed by atoms with Crippen molar-refractivity contribution < 1.29 is 4.92 Å². The standard InChI is InChI=1S/C11H16N4O2/c12-8-3-5-11(13,6-4-8)10-9(15(16)17)2-1-7-14-10/h1-2,7-8H,3-6,12-13H2. The first-order valence-electron chi connectivity index (χ1n) is 5.67. The molecule has 0 aromatic carbocycles. The zero-order valence-electron chi connectivity index (χ0n) is 9.50. The number of nitrogens with zero attached hydrogens (tertiary/aromatic N) is 2. The molecule has 1 aromatic rings. The highest BCUT2D eigenvalue weighted by Gasteiger charge is 2.38. The lowest BCUT2D eigenvalue weighted by Crippen LogP contribution is -2.44. The van der Waals surface area contributed by atoms with Crippen molar-refractivity contribution in [2.45, 2.75) is 37.3 Å². The molecule has 2 rings (SSSR count). The SMILES string of the molecule is NC1CCC(N)(c2ncccc2[N+](=O)[O-])CC1. The van der Waals surface area contributed by atoms with E-state index in [-0.39, 0.29) is 11.7 Å². The molecular weight excluding hydrogens is 220 g/mol. The number of hydrogen-bond acceptors (Lipinski definition) is 5. The van der Waals surface area contributed by atoms with E-state index in [4.69, 9.17) is 11.5 Å². The van der Waals surface area contributed by atoms with Gasteiger partial charge in [-0.1, -0.05) is 0 Å². The molecule has 0 atom stereocenters. The molecule has 0 radical (unpaired) electrons. The predicted molar refractivity (Wildman–Crippen MR) is 63.2 cm³/mol. The molecule has 4 N–H and O–H groups in total. The van der Waals surface area contributed by atoms with E-state index in [9.17, 15) is 10.1 Å². The number of pyridine rings is 1. The van der Waals surface area contributed by atoms with Gasteiger partial charge >= 0.3 is 0 Å². The van der Waals surface area contributed by atoms with Gasteiger partial charge in [0.15, 0.2) is 0 Å². The monoisotopic (exact) mass is 236 g/mol. The maximum atomic E-state index is 11.0. The van der Waals surface area contributed by atoms with Crippen LogP contribution >= 0.6 is 0 Å². The van der Waals surface area contributed by atoms with Crippen molar-refractivity contribution in [3.05, 3.63) is 34.1 Å². The molecule has 6 heteroatoms. The zero-order chi connectivity index (χ0) is 12.5. The van der Waals surface area contributed by atoms with Gasteiger partial charge in [-0.25, -0.2) is 0 Å². The van der Waals surface area contributed by atoms with Crippen molar-refractivity contribution in [2.24, 2.45) is 11.5 Å². The minimum Gasteiger partial charge on any atom is -0.328 e. The van der Waals surface area contributed by atoms with Gasteiger partial charge in [0.2, 0.25) is 0 Å². The Morgan fingerprint density at radius 1 is 1.47 bits per heavy atom. The van der Waals surface area contributed by atoms with E-state index in [0.717, 1.165) is 12.8 Å². The van der Waals surface area contributed by atoms with Gasteiger partial charge in [-0.3, -0.25) is 15.1 Å². The maximum Gasteiger partial charge on any atom is 0.292 e. The Bertz CT molecular complexity index is 427. The second kappa shape index (κ2) is 4.38. The second-order valence-electron chi connectivity index (χ2n) is 4.62. The average molecular weight is 236 g/mol. The van der Waals surface area contributed by atoms with E-state index in [0.29, 0.717) is 18.5 Å². The van der Waals surface area contributed by atoms with Crippen LogP contribution < -0.4 is 11.5 Å². The summed E-state index contributed by atoms with van der Waals surface area (Å²) in [6, 6.07) is 3.15. The highest BCUT2D eigenvalue weighted by Crippen LogP contribution is 2.37. The summed E-state index contributed by atoms with van der Waals surface area (Å²) in [4.78, 5) is 14.6. The van der Waals surface area contributed by atoms with Crippen LogP contribution in [0.25, 0.3) is 0 Å². The second-order valence-corrected chi connectivity index (χ2v) is 4.62. The van der Waals surface area contributed by atoms with Gasteiger partial charge in [0.05, 0.1) is 10.5 Å². The van der Waals surface area contributed by atoms with Crippen LogP contribution in [0.5, 0.6) is 0 Å². The topological polar surface area (TPSA) is 108 Å². The number of rotatable bonds is 2. The Morgan fingerprint density at radius 3 is 2.71 bits per heavy atom. The van der Waals surface area contributed by atoms with Gasteiger partial charge in [-0.15, -0.1) is 0 Å². The molecule has 0 aliphatic heterocycles. The van der Waals surface area contributed by atoms with Crippen molar-refractivity contribution in [1.82, 2.24) is 4.98 Å². The first-order chi connectivity index (χ1) is 8.03. The molecule has 1 fully saturated rings. The third-order valence-corrected chi connectivity index (χ3v) is 3.38. The molecule has 0 saturated heterocycles. The molecule has 6 nitrogen and oxygen atoms in total. The van der Waals surface area contributed by atoms with Crippen LogP contribution in [0.1, 0.15) is 31.4 Å². The molecular formula is C11H16N4O2. The van der Waals surface area contributed by atoms with Crippen molar-refractivity contribution in [1.29, 1.82) is 0 Å². The van der Waals surface area contributed by atoms with Crippen LogP contribution in [0, 0.1) is 10.1 Å². The van der Waals surface area contributed by atoms with E-state index >= 15 is 0 Å². The number of nitro groups is 1. The van der Waals surface area contributed by atoms with Crippen LogP contribution in [0.4, 0.5) is 5.69 Å². The first-order valence-corrected chi connectivity index (χ1v) is 5.67. The summed E-state index contributed by atoms with van der Waals surface area (Å²) in [7, 11) is 0. The molecule has 1 aliphatic carbocycles. The smallest absolute Gasteiger partial charge is 0.292 e. The summed E-state index contributed by atoms with van der Waals surface area (Å²) in [6.45, 7) is 0. The Kier molecular flexibility index (Phi) is 3.08. The number of aromatic nitrogens is 1. The third kappa shape index (κ3) is 2.27. The summed E-state index contributed by atoms with van der Waals surface area (Å²) >= 11 is 0. The van der Waals surface area contributed by atoms with Crippen molar-refractivity contribution in [2.75, 3.05) is 0 Å². The molecule has 92 valence electrons.